The first-order valence-corrected chi connectivity index (χ1v) is 4.91. The Labute approximate surface area is 91.7 Å². The van der Waals surface area contributed by atoms with Crippen LogP contribution >= 0.6 is 0 Å². The number of amides is 1. The number of hydrogen-bond acceptors (Lipinski definition) is 1. The monoisotopic (exact) mass is 231 g/mol. The number of halogens is 3. The van der Waals surface area contributed by atoms with E-state index < -0.39 is 12.2 Å². The molecule has 0 aromatic heterocycles. The van der Waals surface area contributed by atoms with Gasteiger partial charge in [-0.25, -0.2) is 4.90 Å². The molecule has 1 amide bonds. The molecule has 1 aromatic rings. The predicted octanol–water partition coefficient (Wildman–Crippen LogP) is 3.34. The second kappa shape index (κ2) is 5.01. The Kier molecular flexibility index (Phi) is 3.93. The largest absolute Gasteiger partial charge is 0.491 e. The number of para-hydroxylation sites is 1. The number of alkyl halides is 3. The van der Waals surface area contributed by atoms with Gasteiger partial charge in [-0.1, -0.05) is 25.1 Å². The number of carbonyl (C=O) groups excluding carboxylic acids is 1. The predicted molar refractivity (Wildman–Crippen MR) is 54.9 cm³/mol. The van der Waals surface area contributed by atoms with Crippen LogP contribution in [0.5, 0.6) is 0 Å². The van der Waals surface area contributed by atoms with Crippen molar-refractivity contribution in [1.29, 1.82) is 0 Å². The minimum absolute atomic E-state index is 0.115. The first-order chi connectivity index (χ1) is 7.46. The van der Waals surface area contributed by atoms with Crippen molar-refractivity contribution in [3.05, 3.63) is 30.3 Å². The van der Waals surface area contributed by atoms with Gasteiger partial charge in [-0.15, -0.1) is 13.2 Å². The molecule has 88 valence electrons. The van der Waals surface area contributed by atoms with Crippen LogP contribution in [0.25, 0.3) is 0 Å². The normalized spacial score (nSPS) is 11.2. The Morgan fingerprint density at radius 2 is 1.81 bits per heavy atom. The van der Waals surface area contributed by atoms with Crippen molar-refractivity contribution in [3.8, 4) is 0 Å². The van der Waals surface area contributed by atoms with Gasteiger partial charge in [-0.2, -0.15) is 0 Å². The van der Waals surface area contributed by atoms with E-state index in [1.165, 1.54) is 24.3 Å². The summed E-state index contributed by atoms with van der Waals surface area (Å²) in [5, 5.41) is 0. The average molecular weight is 231 g/mol. The van der Waals surface area contributed by atoms with Crippen molar-refractivity contribution in [1.82, 2.24) is 0 Å². The van der Waals surface area contributed by atoms with Gasteiger partial charge in [-0.3, -0.25) is 4.79 Å². The topological polar surface area (TPSA) is 20.3 Å². The number of carbonyl (C=O) groups is 1. The summed E-state index contributed by atoms with van der Waals surface area (Å²) in [6.07, 6.45) is -4.40. The molecule has 1 aromatic carbocycles. The molecular formula is C11H12F3NO. The summed E-state index contributed by atoms with van der Waals surface area (Å²) in [6.45, 7) is 1.66. The molecule has 0 aliphatic carbocycles. The van der Waals surface area contributed by atoms with Crippen molar-refractivity contribution in [2.75, 3.05) is 4.90 Å². The molecule has 2 nitrogen and oxygen atoms in total. The highest BCUT2D eigenvalue weighted by Gasteiger charge is 2.41. The van der Waals surface area contributed by atoms with E-state index >= 15 is 0 Å². The van der Waals surface area contributed by atoms with Crippen LogP contribution < -0.4 is 4.90 Å². The minimum atomic E-state index is -4.67. The standard InChI is InChI=1S/C11H12F3NO/c1-2-6-10(16)15(11(12,13)14)9-7-4-3-5-8-9/h3-5,7-8H,2,6H2,1H3. The third-order valence-corrected chi connectivity index (χ3v) is 1.98. The van der Waals surface area contributed by atoms with Crippen molar-refractivity contribution in [3.63, 3.8) is 0 Å². The third kappa shape index (κ3) is 2.98. The van der Waals surface area contributed by atoms with Crippen LogP contribution in [0.3, 0.4) is 0 Å². The highest BCUT2D eigenvalue weighted by molar-refractivity contribution is 5.93. The molecule has 0 aliphatic rings. The molecule has 0 saturated heterocycles. The number of rotatable bonds is 3. The van der Waals surface area contributed by atoms with E-state index in [-0.39, 0.29) is 17.0 Å². The van der Waals surface area contributed by atoms with Gasteiger partial charge < -0.3 is 0 Å². The molecule has 0 atom stereocenters. The second-order valence-electron chi connectivity index (χ2n) is 3.28. The lowest BCUT2D eigenvalue weighted by atomic mass is 10.2. The summed E-state index contributed by atoms with van der Waals surface area (Å²) in [4.78, 5) is 11.3. The van der Waals surface area contributed by atoms with E-state index in [4.69, 9.17) is 0 Å². The van der Waals surface area contributed by atoms with E-state index in [1.54, 1.807) is 13.0 Å². The van der Waals surface area contributed by atoms with Crippen molar-refractivity contribution in [2.24, 2.45) is 0 Å². The third-order valence-electron chi connectivity index (χ3n) is 1.98. The second-order valence-corrected chi connectivity index (χ2v) is 3.28. The maximum absolute atomic E-state index is 12.7. The summed E-state index contributed by atoms with van der Waals surface area (Å²) >= 11 is 0. The van der Waals surface area contributed by atoms with E-state index in [2.05, 4.69) is 0 Å². The van der Waals surface area contributed by atoms with E-state index in [9.17, 15) is 18.0 Å². The zero-order valence-electron chi connectivity index (χ0n) is 8.79. The molecule has 5 heteroatoms. The van der Waals surface area contributed by atoms with Crippen LogP contribution in [-0.2, 0) is 4.79 Å². The zero-order chi connectivity index (χ0) is 12.2. The average Bonchev–Trinajstić information content (AvgIpc) is 2.17. The lowest BCUT2D eigenvalue weighted by Gasteiger charge is -2.24. The summed E-state index contributed by atoms with van der Waals surface area (Å²) in [5.41, 5.74) is -0.145. The van der Waals surface area contributed by atoms with Gasteiger partial charge in [0.2, 0.25) is 5.91 Å². The molecule has 1 rings (SSSR count). The molecule has 0 N–H and O–H groups in total. The highest BCUT2D eigenvalue weighted by atomic mass is 19.4. The first-order valence-electron chi connectivity index (χ1n) is 4.91. The van der Waals surface area contributed by atoms with Crippen molar-refractivity contribution >= 4 is 11.6 Å². The SMILES string of the molecule is CCCC(=O)N(c1ccccc1)C(F)(F)F. The van der Waals surface area contributed by atoms with Crippen molar-refractivity contribution in [2.45, 2.75) is 26.1 Å². The summed E-state index contributed by atoms with van der Waals surface area (Å²) in [5.74, 6) is -0.929. The fourth-order valence-electron chi connectivity index (χ4n) is 1.33. The number of nitrogens with zero attached hydrogens (tertiary/aromatic N) is 1. The lowest BCUT2D eigenvalue weighted by molar-refractivity contribution is -0.150. The van der Waals surface area contributed by atoms with Gasteiger partial charge in [0.15, 0.2) is 0 Å². The maximum Gasteiger partial charge on any atom is 0.491 e. The Morgan fingerprint density at radius 1 is 1.25 bits per heavy atom. The molecule has 0 radical (unpaired) electrons. The molecule has 0 fully saturated rings. The van der Waals surface area contributed by atoms with Crippen molar-refractivity contribution < 1.29 is 18.0 Å². The Hall–Kier alpha value is -1.52. The van der Waals surface area contributed by atoms with E-state index in [1.807, 2.05) is 0 Å². The van der Waals surface area contributed by atoms with Gasteiger partial charge in [-0.05, 0) is 18.6 Å². The van der Waals surface area contributed by atoms with Crippen LogP contribution in [0.4, 0.5) is 18.9 Å². The lowest BCUT2D eigenvalue weighted by Crippen LogP contribution is -2.42. The Bertz CT molecular complexity index is 348. The van der Waals surface area contributed by atoms with Crippen LogP contribution in [-0.4, -0.2) is 12.2 Å². The maximum atomic E-state index is 12.7. The van der Waals surface area contributed by atoms with E-state index in [0.717, 1.165) is 0 Å². The smallest absolute Gasteiger partial charge is 0.274 e. The van der Waals surface area contributed by atoms with Gasteiger partial charge in [0.25, 0.3) is 0 Å². The van der Waals surface area contributed by atoms with Crippen LogP contribution in [0.2, 0.25) is 0 Å². The Morgan fingerprint density at radius 3 is 2.25 bits per heavy atom. The first kappa shape index (κ1) is 12.5. The summed E-state index contributed by atoms with van der Waals surface area (Å²) in [6, 6.07) is 7.06. The molecule has 0 spiro atoms. The molecule has 0 bridgehead atoms. The van der Waals surface area contributed by atoms with Gasteiger partial charge >= 0.3 is 6.30 Å². The number of hydrogen-bond donors (Lipinski definition) is 0. The van der Waals surface area contributed by atoms with Gasteiger partial charge in [0.05, 0.1) is 5.69 Å². The molecular weight excluding hydrogens is 219 g/mol. The van der Waals surface area contributed by atoms with Crippen LogP contribution in [0, 0.1) is 0 Å². The molecule has 0 unspecified atom stereocenters. The van der Waals surface area contributed by atoms with E-state index in [0.29, 0.717) is 6.42 Å². The molecule has 16 heavy (non-hydrogen) atoms. The van der Waals surface area contributed by atoms with Crippen LogP contribution in [0.1, 0.15) is 19.8 Å². The van der Waals surface area contributed by atoms with Gasteiger partial charge in [0, 0.05) is 6.42 Å². The molecule has 0 saturated carbocycles. The van der Waals surface area contributed by atoms with Gasteiger partial charge in [0.1, 0.15) is 0 Å². The summed E-state index contributed by atoms with van der Waals surface area (Å²) < 4.78 is 38.1. The number of anilines is 1. The number of benzene rings is 1. The highest BCUT2D eigenvalue weighted by Crippen LogP contribution is 2.29. The quantitative estimate of drug-likeness (QED) is 0.730. The summed E-state index contributed by atoms with van der Waals surface area (Å²) in [7, 11) is 0. The molecule has 0 heterocycles. The fraction of sp³-hybridized carbons (Fsp3) is 0.364. The molecule has 0 aliphatic heterocycles. The Balaban J connectivity index is 3.02. The minimum Gasteiger partial charge on any atom is -0.274 e. The van der Waals surface area contributed by atoms with Crippen LogP contribution in [0.15, 0.2) is 30.3 Å². The zero-order valence-corrected chi connectivity index (χ0v) is 8.79. The fourth-order valence-corrected chi connectivity index (χ4v) is 1.33.